The summed E-state index contributed by atoms with van der Waals surface area (Å²) in [5.41, 5.74) is 2.28. The number of anilines is 2. The molecule has 178 valence electrons. The molecule has 1 amide bonds. The van der Waals surface area contributed by atoms with Gasteiger partial charge in [-0.15, -0.1) is 0 Å². The van der Waals surface area contributed by atoms with Gasteiger partial charge in [0.2, 0.25) is 5.91 Å². The molecule has 0 bridgehead atoms. The van der Waals surface area contributed by atoms with Crippen LogP contribution in [0.5, 0.6) is 0 Å². The topological polar surface area (TPSA) is 60.9 Å². The first kappa shape index (κ1) is 23.8. The Hall–Kier alpha value is -3.39. The molecule has 4 rings (SSSR count). The molecule has 34 heavy (non-hydrogen) atoms. The standard InChI is InChI=1S/C26H28FN3O3S/c1-2-21-8-6-7-11-25(21)30(34(32,33)24-9-4-3-5-10-24)20-26(31)29-18-16-28(17-19-29)23-14-12-22(27)13-15-23/h3-15H,2,16-20H2,1H3. The number of amides is 1. The van der Waals surface area contributed by atoms with Gasteiger partial charge < -0.3 is 9.80 Å². The second-order valence-electron chi connectivity index (χ2n) is 8.15. The van der Waals surface area contributed by atoms with Crippen LogP contribution in [-0.2, 0) is 21.2 Å². The second kappa shape index (κ2) is 10.3. The second-order valence-corrected chi connectivity index (χ2v) is 10.0. The van der Waals surface area contributed by atoms with Crippen LogP contribution in [0.25, 0.3) is 0 Å². The zero-order valence-corrected chi connectivity index (χ0v) is 19.9. The summed E-state index contributed by atoms with van der Waals surface area (Å²) in [4.78, 5) is 17.2. The molecule has 0 spiro atoms. The molecule has 1 fully saturated rings. The van der Waals surface area contributed by atoms with Gasteiger partial charge in [-0.1, -0.05) is 43.3 Å². The van der Waals surface area contributed by atoms with Gasteiger partial charge in [-0.05, 0) is 54.4 Å². The number of rotatable bonds is 7. The maximum absolute atomic E-state index is 13.6. The smallest absolute Gasteiger partial charge is 0.264 e. The van der Waals surface area contributed by atoms with Crippen molar-refractivity contribution in [3.8, 4) is 0 Å². The highest BCUT2D eigenvalue weighted by Gasteiger charge is 2.31. The molecule has 0 radical (unpaired) electrons. The monoisotopic (exact) mass is 481 g/mol. The predicted molar refractivity (Wildman–Crippen MR) is 132 cm³/mol. The van der Waals surface area contributed by atoms with Crippen LogP contribution in [-0.4, -0.2) is 51.9 Å². The number of piperazine rings is 1. The number of carbonyl (C=O) groups is 1. The highest BCUT2D eigenvalue weighted by Crippen LogP contribution is 2.28. The Bertz CT molecular complexity index is 1230. The van der Waals surface area contributed by atoms with E-state index in [1.165, 1.54) is 16.4 Å². The lowest BCUT2D eigenvalue weighted by Crippen LogP contribution is -2.52. The Labute approximate surface area is 200 Å². The van der Waals surface area contributed by atoms with Gasteiger partial charge in [-0.25, -0.2) is 12.8 Å². The molecule has 1 heterocycles. The van der Waals surface area contributed by atoms with Crippen molar-refractivity contribution in [3.63, 3.8) is 0 Å². The number of carbonyl (C=O) groups excluding carboxylic acids is 1. The molecule has 1 saturated heterocycles. The van der Waals surface area contributed by atoms with Crippen LogP contribution in [0.1, 0.15) is 12.5 Å². The summed E-state index contributed by atoms with van der Waals surface area (Å²) in [6, 6.07) is 21.8. The summed E-state index contributed by atoms with van der Waals surface area (Å²) in [6.07, 6.45) is 0.640. The van der Waals surface area contributed by atoms with Gasteiger partial charge in [0.15, 0.2) is 0 Å². The van der Waals surface area contributed by atoms with Crippen molar-refractivity contribution >= 4 is 27.3 Å². The summed E-state index contributed by atoms with van der Waals surface area (Å²) in [5, 5.41) is 0. The van der Waals surface area contributed by atoms with E-state index in [-0.39, 0.29) is 23.2 Å². The highest BCUT2D eigenvalue weighted by atomic mass is 32.2. The quantitative estimate of drug-likeness (QED) is 0.513. The summed E-state index contributed by atoms with van der Waals surface area (Å²) in [7, 11) is -3.94. The molecular weight excluding hydrogens is 453 g/mol. The zero-order chi connectivity index (χ0) is 24.1. The third-order valence-corrected chi connectivity index (χ3v) is 7.85. The molecule has 8 heteroatoms. The molecule has 0 atom stereocenters. The van der Waals surface area contributed by atoms with Crippen LogP contribution in [0.4, 0.5) is 15.8 Å². The SMILES string of the molecule is CCc1ccccc1N(CC(=O)N1CCN(c2ccc(F)cc2)CC1)S(=O)(=O)c1ccccc1. The number of sulfonamides is 1. The van der Waals surface area contributed by atoms with Crippen molar-refractivity contribution < 1.29 is 17.6 Å². The van der Waals surface area contributed by atoms with Crippen molar-refractivity contribution in [2.75, 3.05) is 41.9 Å². The molecule has 3 aromatic carbocycles. The Kier molecular flexibility index (Phi) is 7.17. The van der Waals surface area contributed by atoms with Crippen LogP contribution in [0.15, 0.2) is 83.8 Å². The molecule has 0 aromatic heterocycles. The molecule has 0 aliphatic carbocycles. The number of halogens is 1. The van der Waals surface area contributed by atoms with Gasteiger partial charge in [0.1, 0.15) is 12.4 Å². The van der Waals surface area contributed by atoms with Gasteiger partial charge in [0.05, 0.1) is 10.6 Å². The van der Waals surface area contributed by atoms with Gasteiger partial charge >= 0.3 is 0 Å². The molecule has 6 nitrogen and oxygen atoms in total. The lowest BCUT2D eigenvalue weighted by atomic mass is 10.1. The van der Waals surface area contributed by atoms with Crippen molar-refractivity contribution in [2.24, 2.45) is 0 Å². The number of hydrogen-bond donors (Lipinski definition) is 0. The fourth-order valence-electron chi connectivity index (χ4n) is 4.16. The summed E-state index contributed by atoms with van der Waals surface area (Å²) in [6.45, 7) is 3.80. The normalized spacial score (nSPS) is 14.2. The molecular formula is C26H28FN3O3S. The van der Waals surface area contributed by atoms with Crippen LogP contribution in [0.3, 0.4) is 0 Å². The van der Waals surface area contributed by atoms with Gasteiger partial charge in [-0.2, -0.15) is 0 Å². The lowest BCUT2D eigenvalue weighted by Gasteiger charge is -2.37. The third-order valence-electron chi connectivity index (χ3n) is 6.08. The first-order valence-electron chi connectivity index (χ1n) is 11.3. The highest BCUT2D eigenvalue weighted by molar-refractivity contribution is 7.92. The maximum Gasteiger partial charge on any atom is 0.264 e. The van der Waals surface area contributed by atoms with Gasteiger partial charge in [0.25, 0.3) is 10.0 Å². The molecule has 1 aliphatic heterocycles. The van der Waals surface area contributed by atoms with E-state index in [1.807, 2.05) is 19.1 Å². The maximum atomic E-state index is 13.6. The van der Waals surface area contributed by atoms with Crippen molar-refractivity contribution in [1.29, 1.82) is 0 Å². The van der Waals surface area contributed by atoms with E-state index in [4.69, 9.17) is 0 Å². The van der Waals surface area contributed by atoms with Crippen molar-refractivity contribution in [1.82, 2.24) is 4.90 Å². The van der Waals surface area contributed by atoms with E-state index in [0.717, 1.165) is 11.3 Å². The minimum absolute atomic E-state index is 0.148. The number of para-hydroxylation sites is 1. The molecule has 1 aliphatic rings. The fourth-order valence-corrected chi connectivity index (χ4v) is 5.63. The molecule has 0 saturated carbocycles. The third kappa shape index (κ3) is 5.07. The van der Waals surface area contributed by atoms with Crippen LogP contribution in [0.2, 0.25) is 0 Å². The molecule has 3 aromatic rings. The van der Waals surface area contributed by atoms with Crippen molar-refractivity contribution in [2.45, 2.75) is 18.2 Å². The number of hydrogen-bond acceptors (Lipinski definition) is 4. The number of benzene rings is 3. The first-order chi connectivity index (χ1) is 16.4. The fraction of sp³-hybridized carbons (Fsp3) is 0.269. The minimum atomic E-state index is -3.94. The number of nitrogens with zero attached hydrogens (tertiary/aromatic N) is 3. The van der Waals surface area contributed by atoms with Crippen LogP contribution < -0.4 is 9.21 Å². The summed E-state index contributed by atoms with van der Waals surface area (Å²) >= 11 is 0. The average Bonchev–Trinajstić information content (AvgIpc) is 2.88. The first-order valence-corrected chi connectivity index (χ1v) is 12.8. The van der Waals surface area contributed by atoms with E-state index < -0.39 is 10.0 Å². The summed E-state index contributed by atoms with van der Waals surface area (Å²) in [5.74, 6) is -0.534. The summed E-state index contributed by atoms with van der Waals surface area (Å²) < 4.78 is 41.7. The van der Waals surface area contributed by atoms with E-state index >= 15 is 0 Å². The Morgan fingerprint density at radius 3 is 2.15 bits per heavy atom. The zero-order valence-electron chi connectivity index (χ0n) is 19.1. The lowest BCUT2D eigenvalue weighted by molar-refractivity contribution is -0.129. The number of aryl methyl sites for hydroxylation is 1. The van der Waals surface area contributed by atoms with E-state index in [2.05, 4.69) is 4.90 Å². The largest absolute Gasteiger partial charge is 0.368 e. The van der Waals surface area contributed by atoms with Crippen molar-refractivity contribution in [3.05, 3.63) is 90.2 Å². The Morgan fingerprint density at radius 1 is 0.882 bits per heavy atom. The van der Waals surface area contributed by atoms with E-state index in [0.29, 0.717) is 38.3 Å². The van der Waals surface area contributed by atoms with Crippen LogP contribution in [0, 0.1) is 5.82 Å². The molecule has 0 unspecified atom stereocenters. The Balaban J connectivity index is 1.55. The average molecular weight is 482 g/mol. The minimum Gasteiger partial charge on any atom is -0.368 e. The van der Waals surface area contributed by atoms with Crippen LogP contribution >= 0.6 is 0 Å². The van der Waals surface area contributed by atoms with Gasteiger partial charge in [-0.3, -0.25) is 9.10 Å². The Morgan fingerprint density at radius 2 is 1.50 bits per heavy atom. The van der Waals surface area contributed by atoms with Gasteiger partial charge in [0, 0.05) is 31.9 Å². The van der Waals surface area contributed by atoms with E-state index in [1.54, 1.807) is 59.5 Å². The molecule has 0 N–H and O–H groups in total. The predicted octanol–water partition coefficient (Wildman–Crippen LogP) is 3.93. The van der Waals surface area contributed by atoms with E-state index in [9.17, 15) is 17.6 Å².